The summed E-state index contributed by atoms with van der Waals surface area (Å²) in [6, 6.07) is 2.39. The Hall–Kier alpha value is -1.60. The van der Waals surface area contributed by atoms with Gasteiger partial charge in [-0.05, 0) is 45.2 Å². The normalized spacial score (nSPS) is 25.8. The van der Waals surface area contributed by atoms with Crippen molar-refractivity contribution in [3.63, 3.8) is 0 Å². The van der Waals surface area contributed by atoms with E-state index >= 15 is 0 Å². The van der Waals surface area contributed by atoms with E-state index in [1.165, 1.54) is 58.2 Å². The van der Waals surface area contributed by atoms with E-state index < -0.39 is 0 Å². The zero-order chi connectivity index (χ0) is 18.6. The summed E-state index contributed by atoms with van der Waals surface area (Å²) in [5.74, 6) is 1.63. The fraction of sp³-hybridized carbons (Fsp3) is 0.800. The predicted molar refractivity (Wildman–Crippen MR) is 107 cm³/mol. The highest BCUT2D eigenvalue weighted by atomic mass is 16.2. The Balaban J connectivity index is 1.25. The molecule has 7 heteroatoms. The number of anilines is 1. The zero-order valence-electron chi connectivity index (χ0n) is 16.6. The number of amides is 2. The maximum atomic E-state index is 12.7. The van der Waals surface area contributed by atoms with Crippen molar-refractivity contribution in [2.24, 2.45) is 5.92 Å². The van der Waals surface area contributed by atoms with E-state index in [0.29, 0.717) is 6.04 Å². The van der Waals surface area contributed by atoms with Gasteiger partial charge in [-0.1, -0.05) is 12.8 Å². The number of hydrogen-bond donors (Lipinski definition) is 1. The highest BCUT2D eigenvalue weighted by Gasteiger charge is 2.26. The van der Waals surface area contributed by atoms with Gasteiger partial charge in [0.2, 0.25) is 0 Å². The predicted octanol–water partition coefficient (Wildman–Crippen LogP) is 2.49. The van der Waals surface area contributed by atoms with Gasteiger partial charge in [0.1, 0.15) is 5.82 Å². The zero-order valence-corrected chi connectivity index (χ0v) is 16.6. The van der Waals surface area contributed by atoms with Gasteiger partial charge in [0.05, 0.1) is 12.2 Å². The standard InChI is InChI=1S/C20H34N6O/c1-23-10-4-5-17(15-23)16-24-11-13-25(14-12-24)20(27)22-19-8-9-21-26(19)18-6-2-3-7-18/h8-9,17-18H,2-7,10-16H2,1H3,(H,22,27). The highest BCUT2D eigenvalue weighted by molar-refractivity contribution is 5.88. The van der Waals surface area contributed by atoms with Crippen molar-refractivity contribution in [2.75, 3.05) is 58.2 Å². The quantitative estimate of drug-likeness (QED) is 0.880. The molecule has 150 valence electrons. The van der Waals surface area contributed by atoms with Gasteiger partial charge < -0.3 is 9.80 Å². The number of likely N-dealkylation sites (tertiary alicyclic amines) is 1. The Morgan fingerprint density at radius 2 is 1.89 bits per heavy atom. The molecule has 1 aromatic heterocycles. The van der Waals surface area contributed by atoms with E-state index in [4.69, 9.17) is 0 Å². The van der Waals surface area contributed by atoms with Crippen molar-refractivity contribution in [2.45, 2.75) is 44.6 Å². The first-order valence-corrected chi connectivity index (χ1v) is 10.7. The molecule has 1 aliphatic carbocycles. The lowest BCUT2D eigenvalue weighted by Gasteiger charge is -2.38. The summed E-state index contributed by atoms with van der Waals surface area (Å²) in [7, 11) is 2.23. The highest BCUT2D eigenvalue weighted by Crippen LogP contribution is 2.31. The Morgan fingerprint density at radius 1 is 1.11 bits per heavy atom. The number of piperidine rings is 1. The summed E-state index contributed by atoms with van der Waals surface area (Å²) in [6.45, 7) is 7.21. The maximum absolute atomic E-state index is 12.7. The van der Waals surface area contributed by atoms with Gasteiger partial charge in [0.25, 0.3) is 0 Å². The summed E-state index contributed by atoms with van der Waals surface area (Å²) < 4.78 is 2.01. The molecule has 7 nitrogen and oxygen atoms in total. The van der Waals surface area contributed by atoms with Crippen LogP contribution in [0.4, 0.5) is 10.6 Å². The number of piperazine rings is 1. The van der Waals surface area contributed by atoms with Crippen molar-refractivity contribution >= 4 is 11.8 Å². The second-order valence-electron chi connectivity index (χ2n) is 8.59. The minimum atomic E-state index is 0.0202. The smallest absolute Gasteiger partial charge is 0.322 e. The van der Waals surface area contributed by atoms with Crippen LogP contribution in [-0.2, 0) is 0 Å². The summed E-state index contributed by atoms with van der Waals surface area (Å²) in [5, 5.41) is 7.55. The van der Waals surface area contributed by atoms with Crippen molar-refractivity contribution in [1.29, 1.82) is 0 Å². The lowest BCUT2D eigenvalue weighted by molar-refractivity contribution is 0.109. The second kappa shape index (κ2) is 8.61. The summed E-state index contributed by atoms with van der Waals surface area (Å²) in [4.78, 5) is 19.7. The van der Waals surface area contributed by atoms with Crippen molar-refractivity contribution in [1.82, 2.24) is 24.5 Å². The van der Waals surface area contributed by atoms with E-state index in [9.17, 15) is 4.79 Å². The molecule has 2 amide bonds. The molecule has 0 spiro atoms. The van der Waals surface area contributed by atoms with Crippen LogP contribution < -0.4 is 5.32 Å². The Bertz CT molecular complexity index is 618. The summed E-state index contributed by atoms with van der Waals surface area (Å²) in [5.41, 5.74) is 0. The van der Waals surface area contributed by atoms with Gasteiger partial charge in [-0.2, -0.15) is 5.10 Å². The van der Waals surface area contributed by atoms with Gasteiger partial charge in [-0.3, -0.25) is 10.2 Å². The molecule has 1 atom stereocenters. The van der Waals surface area contributed by atoms with Crippen LogP contribution >= 0.6 is 0 Å². The van der Waals surface area contributed by atoms with E-state index in [1.807, 2.05) is 15.6 Å². The molecule has 3 heterocycles. The molecule has 3 fully saturated rings. The van der Waals surface area contributed by atoms with Gasteiger partial charge in [0.15, 0.2) is 0 Å². The van der Waals surface area contributed by atoms with E-state index in [0.717, 1.165) is 37.9 Å². The van der Waals surface area contributed by atoms with Crippen LogP contribution in [0.25, 0.3) is 0 Å². The van der Waals surface area contributed by atoms with Crippen LogP contribution in [0.3, 0.4) is 0 Å². The maximum Gasteiger partial charge on any atom is 0.323 e. The van der Waals surface area contributed by atoms with Gasteiger partial charge >= 0.3 is 6.03 Å². The largest absolute Gasteiger partial charge is 0.323 e. The molecule has 1 aromatic rings. The number of hydrogen-bond acceptors (Lipinski definition) is 4. The second-order valence-corrected chi connectivity index (χ2v) is 8.59. The monoisotopic (exact) mass is 374 g/mol. The van der Waals surface area contributed by atoms with Crippen LogP contribution in [0.1, 0.15) is 44.6 Å². The van der Waals surface area contributed by atoms with Crippen LogP contribution in [-0.4, -0.2) is 83.4 Å². The Kier molecular flexibility index (Phi) is 5.98. The molecule has 1 unspecified atom stereocenters. The fourth-order valence-electron chi connectivity index (χ4n) is 4.96. The number of rotatable bonds is 4. The Morgan fingerprint density at radius 3 is 2.63 bits per heavy atom. The molecule has 27 heavy (non-hydrogen) atoms. The molecule has 0 bridgehead atoms. The number of urea groups is 1. The van der Waals surface area contributed by atoms with Crippen LogP contribution in [0.2, 0.25) is 0 Å². The first-order valence-electron chi connectivity index (χ1n) is 10.7. The third-order valence-corrected chi connectivity index (χ3v) is 6.47. The SMILES string of the molecule is CN1CCCC(CN2CCN(C(=O)Nc3ccnn3C3CCCC3)CC2)C1. The number of nitrogens with one attached hydrogen (secondary N) is 1. The topological polar surface area (TPSA) is 56.6 Å². The minimum Gasteiger partial charge on any atom is -0.322 e. The van der Waals surface area contributed by atoms with E-state index in [-0.39, 0.29) is 6.03 Å². The fourth-order valence-corrected chi connectivity index (χ4v) is 4.96. The van der Waals surface area contributed by atoms with Crippen molar-refractivity contribution in [3.8, 4) is 0 Å². The van der Waals surface area contributed by atoms with Gasteiger partial charge in [0, 0.05) is 45.3 Å². The number of nitrogens with zero attached hydrogens (tertiary/aromatic N) is 5. The molecule has 0 radical (unpaired) electrons. The molecule has 3 aliphatic rings. The van der Waals surface area contributed by atoms with Crippen LogP contribution in [0.15, 0.2) is 12.3 Å². The minimum absolute atomic E-state index is 0.0202. The van der Waals surface area contributed by atoms with Gasteiger partial charge in [-0.25, -0.2) is 9.48 Å². The molecule has 0 aromatic carbocycles. The average molecular weight is 375 g/mol. The third kappa shape index (κ3) is 4.63. The number of carbonyl (C=O) groups is 1. The van der Waals surface area contributed by atoms with Crippen LogP contribution in [0, 0.1) is 5.92 Å². The number of carbonyl (C=O) groups excluding carboxylic acids is 1. The summed E-state index contributed by atoms with van der Waals surface area (Å²) in [6.07, 6.45) is 9.31. The van der Waals surface area contributed by atoms with Gasteiger partial charge in [-0.15, -0.1) is 0 Å². The molecular weight excluding hydrogens is 340 g/mol. The molecular formula is C20H34N6O. The molecule has 1 saturated carbocycles. The van der Waals surface area contributed by atoms with Crippen molar-refractivity contribution in [3.05, 3.63) is 12.3 Å². The first kappa shape index (κ1) is 18.7. The van der Waals surface area contributed by atoms with E-state index in [2.05, 4.69) is 27.3 Å². The average Bonchev–Trinajstić information content (AvgIpc) is 3.33. The van der Waals surface area contributed by atoms with E-state index in [1.54, 1.807) is 6.20 Å². The molecule has 1 N–H and O–H groups in total. The van der Waals surface area contributed by atoms with Crippen molar-refractivity contribution < 1.29 is 4.79 Å². The Labute approximate surface area is 162 Å². The molecule has 2 saturated heterocycles. The third-order valence-electron chi connectivity index (χ3n) is 6.47. The lowest BCUT2D eigenvalue weighted by atomic mass is 9.97. The summed E-state index contributed by atoms with van der Waals surface area (Å²) >= 11 is 0. The molecule has 2 aliphatic heterocycles. The molecule has 4 rings (SSSR count). The lowest BCUT2D eigenvalue weighted by Crippen LogP contribution is -2.52. The number of aromatic nitrogens is 2. The first-order chi connectivity index (χ1) is 13.2. The van der Waals surface area contributed by atoms with Crippen LogP contribution in [0.5, 0.6) is 0 Å².